The van der Waals surface area contributed by atoms with E-state index in [0.29, 0.717) is 28.2 Å². The summed E-state index contributed by atoms with van der Waals surface area (Å²) in [6, 6.07) is 2.09. The first-order valence-corrected chi connectivity index (χ1v) is 10.8. The summed E-state index contributed by atoms with van der Waals surface area (Å²) >= 11 is 3.34. The number of aromatic nitrogens is 4. The zero-order valence-corrected chi connectivity index (χ0v) is 17.3. The third kappa shape index (κ3) is 4.42. The van der Waals surface area contributed by atoms with Crippen LogP contribution in [0.5, 0.6) is 0 Å². The monoisotopic (exact) mass is 446 g/mol. The SMILES string of the molecule is CNC1CN(c2nc(NCCS(=O)(=O)NC(C)C)n3nc(Br)cc3n2)C1. The Kier molecular flexibility index (Phi) is 5.65. The first kappa shape index (κ1) is 19.3. The van der Waals surface area contributed by atoms with Crippen LogP contribution in [0.4, 0.5) is 11.9 Å². The molecule has 0 saturated carbocycles. The summed E-state index contributed by atoms with van der Waals surface area (Å²) in [5, 5.41) is 10.6. The van der Waals surface area contributed by atoms with E-state index in [1.54, 1.807) is 24.4 Å². The van der Waals surface area contributed by atoms with Crippen LogP contribution in [0, 0.1) is 0 Å². The highest BCUT2D eigenvalue weighted by Gasteiger charge is 2.28. The van der Waals surface area contributed by atoms with Crippen molar-refractivity contribution in [3.8, 4) is 0 Å². The summed E-state index contributed by atoms with van der Waals surface area (Å²) in [5.74, 6) is 1.01. The van der Waals surface area contributed by atoms with Crippen molar-refractivity contribution >= 4 is 43.5 Å². The van der Waals surface area contributed by atoms with Crippen LogP contribution in [0.15, 0.2) is 10.7 Å². The predicted molar refractivity (Wildman–Crippen MR) is 104 cm³/mol. The number of likely N-dealkylation sites (N-methyl/N-ethyl adjacent to an activating group) is 1. The maximum Gasteiger partial charge on any atom is 0.230 e. The molecule has 0 amide bonds. The fourth-order valence-electron chi connectivity index (χ4n) is 2.64. The maximum atomic E-state index is 12.0. The highest BCUT2D eigenvalue weighted by atomic mass is 79.9. The van der Waals surface area contributed by atoms with Crippen molar-refractivity contribution < 1.29 is 8.42 Å². The zero-order valence-electron chi connectivity index (χ0n) is 14.9. The molecular weight excluding hydrogens is 424 g/mol. The maximum absolute atomic E-state index is 12.0. The number of halogens is 1. The lowest BCUT2D eigenvalue weighted by molar-refractivity contribution is 0.443. The Hall–Kier alpha value is -1.50. The molecule has 0 aromatic carbocycles. The lowest BCUT2D eigenvalue weighted by Gasteiger charge is -2.39. The first-order chi connectivity index (χ1) is 12.3. The van der Waals surface area contributed by atoms with Gasteiger partial charge in [0.2, 0.25) is 21.9 Å². The van der Waals surface area contributed by atoms with Gasteiger partial charge in [0.25, 0.3) is 0 Å². The van der Waals surface area contributed by atoms with E-state index in [-0.39, 0.29) is 18.3 Å². The Morgan fingerprint density at radius 3 is 2.73 bits per heavy atom. The molecule has 1 aliphatic heterocycles. The standard InChI is InChI=1S/C14H23BrN8O2S/c1-9(2)21-26(24,25)5-4-17-13-19-14(22-7-10(8-22)16-3)18-12-6-11(15)20-23(12)13/h6,9-10,16,21H,4-5,7-8H2,1-3H3,(H,17,18,19). The van der Waals surface area contributed by atoms with Gasteiger partial charge in [0.1, 0.15) is 4.60 Å². The molecule has 1 aliphatic rings. The Balaban J connectivity index is 1.76. The van der Waals surface area contributed by atoms with Crippen LogP contribution in [0.3, 0.4) is 0 Å². The van der Waals surface area contributed by atoms with E-state index in [2.05, 4.69) is 51.3 Å². The third-order valence-electron chi connectivity index (χ3n) is 3.92. The quantitative estimate of drug-likeness (QED) is 0.519. The third-order valence-corrected chi connectivity index (χ3v) is 5.88. The van der Waals surface area contributed by atoms with Gasteiger partial charge in [-0.3, -0.25) is 0 Å². The van der Waals surface area contributed by atoms with Crippen LogP contribution in [-0.2, 0) is 10.0 Å². The van der Waals surface area contributed by atoms with Crippen LogP contribution in [0.2, 0.25) is 0 Å². The predicted octanol–water partition coefficient (Wildman–Crippen LogP) is 0.0345. The van der Waals surface area contributed by atoms with Crippen LogP contribution in [0.25, 0.3) is 5.65 Å². The van der Waals surface area contributed by atoms with E-state index < -0.39 is 10.0 Å². The molecule has 0 bridgehead atoms. The summed E-state index contributed by atoms with van der Waals surface area (Å²) in [4.78, 5) is 11.1. The Bertz CT molecular complexity index is 878. The highest BCUT2D eigenvalue weighted by molar-refractivity contribution is 9.10. The molecule has 144 valence electrons. The molecule has 0 radical (unpaired) electrons. The second kappa shape index (κ2) is 7.62. The summed E-state index contributed by atoms with van der Waals surface area (Å²) in [6.45, 7) is 5.45. The van der Waals surface area contributed by atoms with Gasteiger partial charge >= 0.3 is 0 Å². The van der Waals surface area contributed by atoms with Crippen LogP contribution >= 0.6 is 15.9 Å². The minimum absolute atomic E-state index is 0.0556. The zero-order chi connectivity index (χ0) is 18.9. The minimum Gasteiger partial charge on any atom is -0.353 e. The molecule has 0 aliphatic carbocycles. The molecule has 1 saturated heterocycles. The molecule has 26 heavy (non-hydrogen) atoms. The van der Waals surface area contributed by atoms with Crippen LogP contribution in [0.1, 0.15) is 13.8 Å². The van der Waals surface area contributed by atoms with Crippen LogP contribution in [-0.4, -0.2) is 72.5 Å². The Labute approximate surface area is 160 Å². The summed E-state index contributed by atoms with van der Waals surface area (Å²) in [7, 11) is -1.41. The fourth-order valence-corrected chi connectivity index (χ4v) is 4.21. The number of rotatable bonds is 8. The molecule has 3 heterocycles. The normalized spacial score (nSPS) is 15.7. The topological polar surface area (TPSA) is 117 Å². The molecule has 0 spiro atoms. The lowest BCUT2D eigenvalue weighted by atomic mass is 10.1. The van der Waals surface area contributed by atoms with Crippen molar-refractivity contribution in [3.63, 3.8) is 0 Å². The summed E-state index contributed by atoms with van der Waals surface area (Å²) in [5.41, 5.74) is 0.639. The van der Waals surface area contributed by atoms with E-state index in [0.717, 1.165) is 13.1 Å². The molecule has 10 nitrogen and oxygen atoms in total. The van der Waals surface area contributed by atoms with Gasteiger partial charge in [-0.15, -0.1) is 0 Å². The Morgan fingerprint density at radius 1 is 1.35 bits per heavy atom. The number of sulfonamides is 1. The average Bonchev–Trinajstić information content (AvgIpc) is 2.85. The van der Waals surface area contributed by atoms with Crippen molar-refractivity contribution in [3.05, 3.63) is 10.7 Å². The molecule has 1 fully saturated rings. The van der Waals surface area contributed by atoms with E-state index in [1.165, 1.54) is 0 Å². The molecule has 2 aromatic rings. The number of hydrogen-bond acceptors (Lipinski definition) is 8. The first-order valence-electron chi connectivity index (χ1n) is 8.37. The molecular formula is C14H23BrN8O2S. The molecule has 0 atom stereocenters. The molecule has 2 aromatic heterocycles. The largest absolute Gasteiger partial charge is 0.353 e. The van der Waals surface area contributed by atoms with Gasteiger partial charge in [0, 0.05) is 37.8 Å². The van der Waals surface area contributed by atoms with Gasteiger partial charge in [-0.2, -0.15) is 19.6 Å². The summed E-state index contributed by atoms with van der Waals surface area (Å²) in [6.07, 6.45) is 0. The molecule has 12 heteroatoms. The van der Waals surface area contributed by atoms with Gasteiger partial charge in [-0.1, -0.05) is 0 Å². The minimum atomic E-state index is -3.34. The smallest absolute Gasteiger partial charge is 0.230 e. The molecule has 3 rings (SSSR count). The summed E-state index contributed by atoms with van der Waals surface area (Å²) < 4.78 is 28.7. The van der Waals surface area contributed by atoms with E-state index in [1.807, 2.05) is 7.05 Å². The number of nitrogens with one attached hydrogen (secondary N) is 3. The number of anilines is 2. The van der Waals surface area contributed by atoms with Gasteiger partial charge in [0.05, 0.1) is 5.75 Å². The highest BCUT2D eigenvalue weighted by Crippen LogP contribution is 2.21. The molecule has 3 N–H and O–H groups in total. The second-order valence-electron chi connectivity index (χ2n) is 6.49. The Morgan fingerprint density at radius 2 is 2.08 bits per heavy atom. The van der Waals surface area contributed by atoms with E-state index in [4.69, 9.17) is 0 Å². The fraction of sp³-hybridized carbons (Fsp3) is 0.643. The van der Waals surface area contributed by atoms with Crippen molar-refractivity contribution in [1.29, 1.82) is 0 Å². The van der Waals surface area contributed by atoms with Crippen molar-refractivity contribution in [2.75, 3.05) is 42.7 Å². The van der Waals surface area contributed by atoms with Crippen LogP contribution < -0.4 is 20.3 Å². The number of hydrogen-bond donors (Lipinski definition) is 3. The van der Waals surface area contributed by atoms with Crippen molar-refractivity contribution in [1.82, 2.24) is 29.6 Å². The molecule has 0 unspecified atom stereocenters. The van der Waals surface area contributed by atoms with E-state index >= 15 is 0 Å². The van der Waals surface area contributed by atoms with Crippen molar-refractivity contribution in [2.45, 2.75) is 25.9 Å². The van der Waals surface area contributed by atoms with E-state index in [9.17, 15) is 8.42 Å². The lowest BCUT2D eigenvalue weighted by Crippen LogP contribution is -2.57. The van der Waals surface area contributed by atoms with Crippen molar-refractivity contribution in [2.24, 2.45) is 0 Å². The second-order valence-corrected chi connectivity index (χ2v) is 9.18. The average molecular weight is 447 g/mol. The van der Waals surface area contributed by atoms with Gasteiger partial charge in [-0.25, -0.2) is 13.1 Å². The number of fused-ring (bicyclic) bond motifs is 1. The number of nitrogens with zero attached hydrogens (tertiary/aromatic N) is 5. The van der Waals surface area contributed by atoms with Gasteiger partial charge < -0.3 is 15.5 Å². The van der Waals surface area contributed by atoms with Gasteiger partial charge in [-0.05, 0) is 36.8 Å². The van der Waals surface area contributed by atoms with Gasteiger partial charge in [0.15, 0.2) is 5.65 Å².